The lowest BCUT2D eigenvalue weighted by Gasteiger charge is -2.20. The van der Waals surface area contributed by atoms with Crippen LogP contribution in [0.3, 0.4) is 0 Å². The van der Waals surface area contributed by atoms with Crippen molar-refractivity contribution in [3.8, 4) is 0 Å². The van der Waals surface area contributed by atoms with Gasteiger partial charge in [0.25, 0.3) is 5.91 Å². The average Bonchev–Trinajstić information content (AvgIpc) is 2.74. The molecule has 20 heavy (non-hydrogen) atoms. The van der Waals surface area contributed by atoms with Crippen LogP contribution in [0.15, 0.2) is 30.3 Å². The Morgan fingerprint density at radius 3 is 3.00 bits per heavy atom. The molecule has 1 aromatic heterocycles. The van der Waals surface area contributed by atoms with Gasteiger partial charge in [0.05, 0.1) is 11.1 Å². The van der Waals surface area contributed by atoms with Gasteiger partial charge < -0.3 is 4.90 Å². The van der Waals surface area contributed by atoms with E-state index in [0.29, 0.717) is 10.7 Å². The van der Waals surface area contributed by atoms with Gasteiger partial charge in [-0.3, -0.25) is 4.79 Å². The minimum atomic E-state index is 0.0630. The first kappa shape index (κ1) is 13.7. The molecule has 0 bridgehead atoms. The number of nitrogens with zero attached hydrogens (tertiary/aromatic N) is 2. The summed E-state index contributed by atoms with van der Waals surface area (Å²) in [7, 11) is 0. The Morgan fingerprint density at radius 1 is 1.25 bits per heavy atom. The van der Waals surface area contributed by atoms with Crippen LogP contribution in [0, 0.1) is 0 Å². The van der Waals surface area contributed by atoms with E-state index < -0.39 is 0 Å². The van der Waals surface area contributed by atoms with Crippen LogP contribution in [-0.4, -0.2) is 40.4 Å². The molecule has 0 N–H and O–H groups in total. The Balaban J connectivity index is 2.02. The number of carbonyl (C=O) groups excluding carboxylic acids is 1. The predicted molar refractivity (Wildman–Crippen MR) is 84.6 cm³/mol. The summed E-state index contributed by atoms with van der Waals surface area (Å²) in [6.07, 6.45) is 1.05. The molecule has 0 saturated carbocycles. The van der Waals surface area contributed by atoms with E-state index in [0.717, 1.165) is 41.9 Å². The van der Waals surface area contributed by atoms with Gasteiger partial charge in [-0.15, -0.1) is 0 Å². The van der Waals surface area contributed by atoms with Gasteiger partial charge >= 0.3 is 0 Å². The Labute approximate surface area is 127 Å². The number of para-hydroxylation sites is 1. The van der Waals surface area contributed by atoms with Crippen molar-refractivity contribution in [3.05, 3.63) is 41.0 Å². The van der Waals surface area contributed by atoms with E-state index in [1.54, 1.807) is 6.07 Å². The summed E-state index contributed by atoms with van der Waals surface area (Å²) < 4.78 is 0. The molecular weight excluding hydrogens is 292 g/mol. The van der Waals surface area contributed by atoms with Crippen molar-refractivity contribution in [2.24, 2.45) is 0 Å². The summed E-state index contributed by atoms with van der Waals surface area (Å²) in [5.74, 6) is 2.19. The molecule has 0 atom stereocenters. The van der Waals surface area contributed by atoms with Crippen LogP contribution in [0.5, 0.6) is 0 Å². The molecule has 2 heterocycles. The summed E-state index contributed by atoms with van der Waals surface area (Å²) in [5.41, 5.74) is 1.43. The van der Waals surface area contributed by atoms with Crippen LogP contribution in [-0.2, 0) is 0 Å². The highest BCUT2D eigenvalue weighted by Crippen LogP contribution is 2.23. The molecule has 3 nitrogen and oxygen atoms in total. The maximum Gasteiger partial charge on any atom is 0.254 e. The maximum atomic E-state index is 12.7. The van der Waals surface area contributed by atoms with Gasteiger partial charge in [-0.1, -0.05) is 29.8 Å². The Bertz CT molecular complexity index is 639. The third kappa shape index (κ3) is 2.76. The second-order valence-corrected chi connectivity index (χ2v) is 6.38. The highest BCUT2D eigenvalue weighted by Gasteiger charge is 2.20. The average molecular weight is 307 g/mol. The summed E-state index contributed by atoms with van der Waals surface area (Å²) in [5, 5.41) is 1.25. The zero-order valence-corrected chi connectivity index (χ0v) is 12.6. The van der Waals surface area contributed by atoms with E-state index >= 15 is 0 Å². The van der Waals surface area contributed by atoms with Gasteiger partial charge in [0, 0.05) is 24.2 Å². The van der Waals surface area contributed by atoms with Crippen molar-refractivity contribution in [2.45, 2.75) is 6.42 Å². The number of thioether (sulfide) groups is 1. The first-order valence-corrected chi connectivity index (χ1v) is 8.21. The number of benzene rings is 1. The molecule has 104 valence electrons. The molecule has 0 spiro atoms. The van der Waals surface area contributed by atoms with E-state index in [9.17, 15) is 4.79 Å². The molecule has 5 heteroatoms. The van der Waals surface area contributed by atoms with Crippen LogP contribution in [0.2, 0.25) is 5.15 Å². The summed E-state index contributed by atoms with van der Waals surface area (Å²) in [6, 6.07) is 9.33. The minimum Gasteiger partial charge on any atom is -0.338 e. The number of hydrogen-bond donors (Lipinski definition) is 0. The van der Waals surface area contributed by atoms with E-state index in [1.807, 2.05) is 40.9 Å². The minimum absolute atomic E-state index is 0.0630. The topological polar surface area (TPSA) is 33.2 Å². The summed E-state index contributed by atoms with van der Waals surface area (Å²) in [6.45, 7) is 1.62. The van der Waals surface area contributed by atoms with Gasteiger partial charge in [0.15, 0.2) is 0 Å². The maximum absolute atomic E-state index is 12.7. The smallest absolute Gasteiger partial charge is 0.254 e. The first-order valence-electron chi connectivity index (χ1n) is 6.68. The molecule has 1 fully saturated rings. The monoisotopic (exact) mass is 306 g/mol. The molecule has 2 aromatic rings. The van der Waals surface area contributed by atoms with Gasteiger partial charge in [-0.25, -0.2) is 4.98 Å². The predicted octanol–water partition coefficient (Wildman–Crippen LogP) is 3.47. The SMILES string of the molecule is O=C(c1cc(Cl)nc2ccccc12)N1CCCSCC1. The molecule has 0 unspecified atom stereocenters. The molecule has 1 amide bonds. The zero-order chi connectivity index (χ0) is 13.9. The van der Waals surface area contributed by atoms with Crippen molar-refractivity contribution in [1.82, 2.24) is 9.88 Å². The van der Waals surface area contributed by atoms with Gasteiger partial charge in [0.1, 0.15) is 5.15 Å². The van der Waals surface area contributed by atoms with E-state index in [-0.39, 0.29) is 5.91 Å². The van der Waals surface area contributed by atoms with Crippen LogP contribution in [0.4, 0.5) is 0 Å². The molecule has 0 aliphatic carbocycles. The van der Waals surface area contributed by atoms with Crippen molar-refractivity contribution in [2.75, 3.05) is 24.6 Å². The molecule has 1 aliphatic heterocycles. The summed E-state index contributed by atoms with van der Waals surface area (Å²) in [4.78, 5) is 19.0. The number of amides is 1. The number of aromatic nitrogens is 1. The van der Waals surface area contributed by atoms with Crippen molar-refractivity contribution in [1.29, 1.82) is 0 Å². The van der Waals surface area contributed by atoms with Crippen molar-refractivity contribution in [3.63, 3.8) is 0 Å². The van der Waals surface area contributed by atoms with Crippen LogP contribution in [0.1, 0.15) is 16.8 Å². The fraction of sp³-hybridized carbons (Fsp3) is 0.333. The highest BCUT2D eigenvalue weighted by atomic mass is 35.5. The lowest BCUT2D eigenvalue weighted by molar-refractivity contribution is 0.0770. The Kier molecular flexibility index (Phi) is 4.13. The van der Waals surface area contributed by atoms with E-state index in [1.165, 1.54) is 0 Å². The highest BCUT2D eigenvalue weighted by molar-refractivity contribution is 7.99. The van der Waals surface area contributed by atoms with Gasteiger partial charge in [0.2, 0.25) is 0 Å². The Morgan fingerprint density at radius 2 is 2.10 bits per heavy atom. The van der Waals surface area contributed by atoms with Crippen molar-refractivity contribution < 1.29 is 4.79 Å². The van der Waals surface area contributed by atoms with Gasteiger partial charge in [-0.2, -0.15) is 11.8 Å². The molecule has 1 saturated heterocycles. The number of hydrogen-bond acceptors (Lipinski definition) is 3. The zero-order valence-electron chi connectivity index (χ0n) is 11.0. The van der Waals surface area contributed by atoms with E-state index in [2.05, 4.69) is 4.98 Å². The second-order valence-electron chi connectivity index (χ2n) is 4.77. The van der Waals surface area contributed by atoms with Gasteiger partial charge in [-0.05, 0) is 24.3 Å². The number of fused-ring (bicyclic) bond motifs is 1. The first-order chi connectivity index (χ1) is 9.75. The van der Waals surface area contributed by atoms with Crippen LogP contribution >= 0.6 is 23.4 Å². The number of rotatable bonds is 1. The second kappa shape index (κ2) is 6.02. The normalized spacial score (nSPS) is 16.1. The quantitative estimate of drug-likeness (QED) is 0.756. The lowest BCUT2D eigenvalue weighted by Crippen LogP contribution is -2.33. The molecular formula is C15H15ClN2OS. The molecule has 0 radical (unpaired) electrons. The third-order valence-electron chi connectivity index (χ3n) is 3.42. The van der Waals surface area contributed by atoms with Crippen molar-refractivity contribution >= 4 is 40.2 Å². The molecule has 1 aliphatic rings. The molecule has 1 aromatic carbocycles. The van der Waals surface area contributed by atoms with Crippen LogP contribution < -0.4 is 0 Å². The fourth-order valence-electron chi connectivity index (χ4n) is 2.44. The van der Waals surface area contributed by atoms with E-state index in [4.69, 9.17) is 11.6 Å². The fourth-order valence-corrected chi connectivity index (χ4v) is 3.53. The molecule has 3 rings (SSSR count). The third-order valence-corrected chi connectivity index (χ3v) is 4.67. The standard InChI is InChI=1S/C15H15ClN2OS/c16-14-10-12(11-4-1-2-5-13(11)17-14)15(19)18-6-3-8-20-9-7-18/h1-2,4-5,10H,3,6-9H2. The number of carbonyl (C=O) groups is 1. The van der Waals surface area contributed by atoms with Crippen LogP contribution in [0.25, 0.3) is 10.9 Å². The Hall–Kier alpha value is -1.26. The largest absolute Gasteiger partial charge is 0.338 e. The number of halogens is 1. The lowest BCUT2D eigenvalue weighted by atomic mass is 10.1. The number of pyridine rings is 1. The summed E-state index contributed by atoms with van der Waals surface area (Å²) >= 11 is 7.96.